The van der Waals surface area contributed by atoms with Crippen molar-refractivity contribution < 1.29 is 23.9 Å². The van der Waals surface area contributed by atoms with Crippen molar-refractivity contribution in [2.24, 2.45) is 11.8 Å². The zero-order valence-corrected chi connectivity index (χ0v) is 22.6. The molecule has 3 aromatic rings. The summed E-state index contributed by atoms with van der Waals surface area (Å²) in [6, 6.07) is 6.52. The van der Waals surface area contributed by atoms with Crippen molar-refractivity contribution in [3.63, 3.8) is 0 Å². The number of nitrogens with zero attached hydrogens (tertiary/aromatic N) is 3. The number of aromatic nitrogens is 2. The number of carboxylic acid groups (broad SMARTS) is 1. The van der Waals surface area contributed by atoms with Gasteiger partial charge in [0.25, 0.3) is 0 Å². The smallest absolute Gasteiger partial charge is 0.304 e. The molecule has 8 nitrogen and oxygen atoms in total. The molecule has 204 valence electrons. The average molecular weight is 551 g/mol. The molecule has 0 bridgehead atoms. The Hall–Kier alpha value is -3.66. The lowest BCUT2D eigenvalue weighted by Gasteiger charge is -2.25. The summed E-state index contributed by atoms with van der Waals surface area (Å²) in [5, 5.41) is 14.7. The number of amides is 2. The van der Waals surface area contributed by atoms with Gasteiger partial charge in [-0.15, -0.1) is 11.3 Å². The molecule has 0 unspecified atom stereocenters. The molecule has 39 heavy (non-hydrogen) atoms. The molecule has 1 fully saturated rings. The highest BCUT2D eigenvalue weighted by molar-refractivity contribution is 7.09. The molecule has 1 aliphatic heterocycles. The SMILES string of the molecule is CN1C(=O)CCc2cc(-c3ccc(F)cc3-c3csc(CNC(=O)[C@@H](CC(=O)O)CC4CCCC4)n3)cnc21. The zero-order chi connectivity index (χ0) is 27.5. The summed E-state index contributed by atoms with van der Waals surface area (Å²) in [7, 11) is 1.71. The number of pyridine rings is 1. The Bertz CT molecular complexity index is 1400. The Labute approximate surface area is 230 Å². The highest BCUT2D eigenvalue weighted by atomic mass is 32.1. The Balaban J connectivity index is 1.33. The van der Waals surface area contributed by atoms with Gasteiger partial charge in [-0.25, -0.2) is 14.4 Å². The predicted molar refractivity (Wildman–Crippen MR) is 147 cm³/mol. The fourth-order valence-electron chi connectivity index (χ4n) is 5.61. The first-order valence-corrected chi connectivity index (χ1v) is 14.2. The topological polar surface area (TPSA) is 112 Å². The van der Waals surface area contributed by atoms with Gasteiger partial charge in [-0.1, -0.05) is 31.7 Å². The van der Waals surface area contributed by atoms with E-state index in [2.05, 4.69) is 15.3 Å². The first-order valence-electron chi connectivity index (χ1n) is 13.3. The van der Waals surface area contributed by atoms with Gasteiger partial charge >= 0.3 is 5.97 Å². The summed E-state index contributed by atoms with van der Waals surface area (Å²) in [4.78, 5) is 47.0. The maximum absolute atomic E-state index is 14.3. The van der Waals surface area contributed by atoms with E-state index in [1.165, 1.54) is 23.5 Å². The molecule has 2 N–H and O–H groups in total. The van der Waals surface area contributed by atoms with Crippen LogP contribution in [0.4, 0.5) is 10.2 Å². The van der Waals surface area contributed by atoms with Gasteiger partial charge < -0.3 is 10.4 Å². The van der Waals surface area contributed by atoms with Crippen LogP contribution in [-0.4, -0.2) is 39.9 Å². The molecule has 5 rings (SSSR count). The van der Waals surface area contributed by atoms with E-state index >= 15 is 0 Å². The minimum Gasteiger partial charge on any atom is -0.481 e. The summed E-state index contributed by atoms with van der Waals surface area (Å²) in [5.41, 5.74) is 3.72. The normalized spacial score (nSPS) is 16.3. The van der Waals surface area contributed by atoms with Crippen LogP contribution in [0.3, 0.4) is 0 Å². The molecule has 1 saturated carbocycles. The van der Waals surface area contributed by atoms with Gasteiger partial charge in [-0.3, -0.25) is 19.3 Å². The number of carbonyl (C=O) groups is 3. The van der Waals surface area contributed by atoms with Crippen LogP contribution in [0.25, 0.3) is 22.4 Å². The number of carboxylic acids is 1. The van der Waals surface area contributed by atoms with E-state index in [-0.39, 0.29) is 24.8 Å². The Morgan fingerprint density at radius 3 is 2.77 bits per heavy atom. The van der Waals surface area contributed by atoms with Gasteiger partial charge in [0.15, 0.2) is 0 Å². The molecule has 1 aliphatic carbocycles. The van der Waals surface area contributed by atoms with Crippen LogP contribution < -0.4 is 10.2 Å². The van der Waals surface area contributed by atoms with Crippen molar-refractivity contribution in [1.82, 2.24) is 15.3 Å². The molecule has 2 aromatic heterocycles. The second-order valence-corrected chi connectivity index (χ2v) is 11.3. The quantitative estimate of drug-likeness (QED) is 0.378. The monoisotopic (exact) mass is 550 g/mol. The van der Waals surface area contributed by atoms with Crippen LogP contribution in [0.2, 0.25) is 0 Å². The Morgan fingerprint density at radius 2 is 2.00 bits per heavy atom. The van der Waals surface area contributed by atoms with Crippen LogP contribution in [0.1, 0.15) is 55.5 Å². The highest BCUT2D eigenvalue weighted by Gasteiger charge is 2.27. The van der Waals surface area contributed by atoms with Gasteiger partial charge in [-0.2, -0.15) is 0 Å². The number of anilines is 1. The van der Waals surface area contributed by atoms with Crippen molar-refractivity contribution in [2.75, 3.05) is 11.9 Å². The summed E-state index contributed by atoms with van der Waals surface area (Å²) in [6.45, 7) is 0.176. The predicted octanol–water partition coefficient (Wildman–Crippen LogP) is 5.21. The molecule has 1 aromatic carbocycles. The van der Waals surface area contributed by atoms with Gasteiger partial charge in [-0.05, 0) is 48.1 Å². The Morgan fingerprint density at radius 1 is 1.21 bits per heavy atom. The largest absolute Gasteiger partial charge is 0.481 e. The molecule has 10 heteroatoms. The van der Waals surface area contributed by atoms with Crippen LogP contribution >= 0.6 is 11.3 Å². The van der Waals surface area contributed by atoms with Gasteiger partial charge in [0.05, 0.1) is 18.7 Å². The fraction of sp³-hybridized carbons (Fsp3) is 0.414. The minimum atomic E-state index is -0.974. The number of nitrogens with one attached hydrogen (secondary N) is 1. The molecule has 0 spiro atoms. The molecular weight excluding hydrogens is 519 g/mol. The third kappa shape index (κ3) is 6.16. The first kappa shape index (κ1) is 26.9. The van der Waals surface area contributed by atoms with E-state index in [4.69, 9.17) is 0 Å². The third-order valence-corrected chi connectivity index (χ3v) is 8.51. The Kier molecular flexibility index (Phi) is 8.02. The van der Waals surface area contributed by atoms with E-state index in [0.29, 0.717) is 47.3 Å². The third-order valence-electron chi connectivity index (χ3n) is 7.66. The molecule has 2 amide bonds. The van der Waals surface area contributed by atoms with Crippen LogP contribution in [0.15, 0.2) is 35.8 Å². The molecule has 1 atom stereocenters. The number of halogens is 1. The lowest BCUT2D eigenvalue weighted by molar-refractivity contribution is -0.141. The van der Waals surface area contributed by atoms with Gasteiger partial charge in [0.1, 0.15) is 16.6 Å². The standard InChI is InChI=1S/C29H31FN4O4S/c1-34-26(35)9-6-18-11-20(14-31-28(18)34)22-8-7-21(30)13-23(22)24-16-39-25(33-24)15-32-29(38)19(12-27(36)37)10-17-4-2-3-5-17/h7-8,11,13-14,16-17,19H,2-6,9-10,12,15H2,1H3,(H,32,38)(H,36,37)/t19-/m1/s1. The second kappa shape index (κ2) is 11.6. The first-order chi connectivity index (χ1) is 18.8. The lowest BCUT2D eigenvalue weighted by Crippen LogP contribution is -2.32. The number of carbonyl (C=O) groups excluding carboxylic acids is 2. The van der Waals surface area contributed by atoms with Crippen molar-refractivity contribution >= 4 is 34.9 Å². The highest BCUT2D eigenvalue weighted by Crippen LogP contribution is 2.36. The van der Waals surface area contributed by atoms with Crippen molar-refractivity contribution in [1.29, 1.82) is 0 Å². The van der Waals surface area contributed by atoms with E-state index in [0.717, 1.165) is 42.4 Å². The fourth-order valence-corrected chi connectivity index (χ4v) is 6.34. The van der Waals surface area contributed by atoms with Crippen molar-refractivity contribution in [3.05, 3.63) is 52.2 Å². The van der Waals surface area contributed by atoms with E-state index < -0.39 is 17.7 Å². The number of aryl methyl sites for hydroxylation is 1. The maximum Gasteiger partial charge on any atom is 0.304 e. The number of thiazole rings is 1. The summed E-state index contributed by atoms with van der Waals surface area (Å²) < 4.78 is 14.3. The van der Waals surface area contributed by atoms with Crippen LogP contribution in [0, 0.1) is 17.7 Å². The number of aliphatic carboxylic acids is 1. The number of hydrogen-bond acceptors (Lipinski definition) is 6. The van der Waals surface area contributed by atoms with Crippen LogP contribution in [0.5, 0.6) is 0 Å². The zero-order valence-electron chi connectivity index (χ0n) is 21.8. The molecule has 0 radical (unpaired) electrons. The number of fused-ring (bicyclic) bond motifs is 1. The molecule has 2 aliphatic rings. The second-order valence-electron chi connectivity index (χ2n) is 10.4. The molecule has 0 saturated heterocycles. The van der Waals surface area contributed by atoms with Crippen molar-refractivity contribution in [2.45, 2.75) is 57.9 Å². The minimum absolute atomic E-state index is 0.0279. The van der Waals surface area contributed by atoms with Crippen molar-refractivity contribution in [3.8, 4) is 22.4 Å². The van der Waals surface area contributed by atoms with E-state index in [9.17, 15) is 23.9 Å². The molecule has 3 heterocycles. The van der Waals surface area contributed by atoms with Crippen LogP contribution in [-0.2, 0) is 27.3 Å². The molecular formula is C29H31FN4O4S. The lowest BCUT2D eigenvalue weighted by atomic mass is 9.90. The maximum atomic E-state index is 14.3. The summed E-state index contributed by atoms with van der Waals surface area (Å²) in [5.74, 6) is -1.13. The summed E-state index contributed by atoms with van der Waals surface area (Å²) in [6.07, 6.45) is 7.46. The van der Waals surface area contributed by atoms with E-state index in [1.54, 1.807) is 24.2 Å². The number of hydrogen-bond donors (Lipinski definition) is 2. The van der Waals surface area contributed by atoms with Gasteiger partial charge in [0.2, 0.25) is 11.8 Å². The number of benzene rings is 1. The average Bonchev–Trinajstić information content (AvgIpc) is 3.61. The van der Waals surface area contributed by atoms with Gasteiger partial charge in [0, 0.05) is 42.1 Å². The summed E-state index contributed by atoms with van der Waals surface area (Å²) >= 11 is 1.35. The number of rotatable bonds is 9. The van der Waals surface area contributed by atoms with E-state index in [1.807, 2.05) is 11.4 Å².